The Bertz CT molecular complexity index is 470. The highest BCUT2D eigenvalue weighted by Gasteiger charge is 2.45. The summed E-state index contributed by atoms with van der Waals surface area (Å²) in [5, 5.41) is 13.5. The van der Waals surface area contributed by atoms with Gasteiger partial charge < -0.3 is 0 Å². The Morgan fingerprint density at radius 1 is 1.10 bits per heavy atom. The summed E-state index contributed by atoms with van der Waals surface area (Å²) in [7, 11) is 0. The van der Waals surface area contributed by atoms with Crippen LogP contribution >= 0.6 is 0 Å². The molecule has 0 aromatic heterocycles. The SMILES string of the molecule is Cc1ccc(C=NC2CC(C)(C)N([O])C(C)(C)C2)cc1. The molecular formula is C17H25N2O. The lowest BCUT2D eigenvalue weighted by Crippen LogP contribution is -2.59. The lowest BCUT2D eigenvalue weighted by Gasteiger charge is -2.48. The zero-order valence-corrected chi connectivity index (χ0v) is 13.2. The number of piperidine rings is 1. The fourth-order valence-electron chi connectivity index (χ4n) is 3.16. The van der Waals surface area contributed by atoms with Crippen molar-refractivity contribution in [2.45, 2.75) is 64.6 Å². The van der Waals surface area contributed by atoms with E-state index in [1.54, 1.807) is 0 Å². The van der Waals surface area contributed by atoms with Crippen LogP contribution in [0.15, 0.2) is 29.3 Å². The first-order valence-electron chi connectivity index (χ1n) is 7.28. The van der Waals surface area contributed by atoms with Crippen LogP contribution in [-0.4, -0.2) is 28.4 Å². The minimum Gasteiger partial charge on any atom is -0.289 e. The Hall–Kier alpha value is -1.19. The van der Waals surface area contributed by atoms with E-state index < -0.39 is 0 Å². The van der Waals surface area contributed by atoms with Gasteiger partial charge in [-0.25, -0.2) is 0 Å². The van der Waals surface area contributed by atoms with Crippen LogP contribution in [0.2, 0.25) is 0 Å². The molecular weight excluding hydrogens is 248 g/mol. The third kappa shape index (κ3) is 3.28. The quantitative estimate of drug-likeness (QED) is 0.755. The Morgan fingerprint density at radius 2 is 1.60 bits per heavy atom. The molecule has 20 heavy (non-hydrogen) atoms. The summed E-state index contributed by atoms with van der Waals surface area (Å²) in [5.41, 5.74) is 1.67. The van der Waals surface area contributed by atoms with Crippen molar-refractivity contribution < 1.29 is 5.21 Å². The van der Waals surface area contributed by atoms with E-state index >= 15 is 0 Å². The summed E-state index contributed by atoms with van der Waals surface area (Å²) in [5.74, 6) is 0. The van der Waals surface area contributed by atoms with Crippen molar-refractivity contribution in [2.24, 2.45) is 4.99 Å². The molecule has 1 radical (unpaired) electrons. The molecule has 1 aliphatic heterocycles. The van der Waals surface area contributed by atoms with Gasteiger partial charge in [0, 0.05) is 17.3 Å². The first-order chi connectivity index (χ1) is 9.21. The second kappa shape index (κ2) is 5.30. The second-order valence-electron chi connectivity index (χ2n) is 7.17. The van der Waals surface area contributed by atoms with E-state index in [2.05, 4.69) is 31.2 Å². The Labute approximate surface area is 122 Å². The summed E-state index contributed by atoms with van der Waals surface area (Å²) >= 11 is 0. The summed E-state index contributed by atoms with van der Waals surface area (Å²) < 4.78 is 0. The molecule has 109 valence electrons. The van der Waals surface area contributed by atoms with Gasteiger partial charge in [-0.1, -0.05) is 29.8 Å². The number of benzene rings is 1. The van der Waals surface area contributed by atoms with Crippen molar-refractivity contribution in [1.82, 2.24) is 5.06 Å². The van der Waals surface area contributed by atoms with Crippen LogP contribution in [0.5, 0.6) is 0 Å². The van der Waals surface area contributed by atoms with E-state index in [1.807, 2.05) is 33.9 Å². The zero-order chi connectivity index (χ0) is 15.0. The van der Waals surface area contributed by atoms with Gasteiger partial charge in [-0.15, -0.1) is 10.3 Å². The van der Waals surface area contributed by atoms with E-state index in [4.69, 9.17) is 4.99 Å². The number of aryl methyl sites for hydroxylation is 1. The molecule has 2 rings (SSSR count). The van der Waals surface area contributed by atoms with Crippen molar-refractivity contribution in [2.75, 3.05) is 0 Å². The Balaban J connectivity index is 2.12. The third-order valence-corrected chi connectivity index (χ3v) is 4.08. The number of hydroxylamine groups is 2. The molecule has 3 heteroatoms. The van der Waals surface area contributed by atoms with E-state index in [0.717, 1.165) is 18.4 Å². The minimum atomic E-state index is -0.350. The fourth-order valence-corrected chi connectivity index (χ4v) is 3.16. The predicted molar refractivity (Wildman–Crippen MR) is 82.5 cm³/mol. The number of aliphatic imine (C=N–C) groups is 1. The van der Waals surface area contributed by atoms with E-state index in [1.165, 1.54) is 10.6 Å². The molecule has 1 saturated heterocycles. The predicted octanol–water partition coefficient (Wildman–Crippen LogP) is 3.78. The maximum atomic E-state index is 12.3. The molecule has 0 spiro atoms. The number of hydrogen-bond acceptors (Lipinski definition) is 2. The highest BCUT2D eigenvalue weighted by Crippen LogP contribution is 2.38. The van der Waals surface area contributed by atoms with Crippen molar-refractivity contribution in [1.29, 1.82) is 0 Å². The van der Waals surface area contributed by atoms with Crippen LogP contribution < -0.4 is 0 Å². The lowest BCUT2D eigenvalue weighted by molar-refractivity contribution is -0.288. The van der Waals surface area contributed by atoms with Crippen LogP contribution in [0, 0.1) is 6.92 Å². The molecule has 1 heterocycles. The van der Waals surface area contributed by atoms with Crippen LogP contribution in [0.3, 0.4) is 0 Å². The second-order valence-corrected chi connectivity index (χ2v) is 7.17. The first kappa shape index (κ1) is 15.2. The molecule has 0 N–H and O–H groups in total. The lowest BCUT2D eigenvalue weighted by atomic mass is 9.79. The van der Waals surface area contributed by atoms with Crippen LogP contribution in [-0.2, 0) is 5.21 Å². The smallest absolute Gasteiger partial charge is 0.0536 e. The Morgan fingerprint density at radius 3 is 2.10 bits per heavy atom. The van der Waals surface area contributed by atoms with E-state index in [9.17, 15) is 5.21 Å². The molecule has 0 aliphatic carbocycles. The van der Waals surface area contributed by atoms with Crippen LogP contribution in [0.4, 0.5) is 0 Å². The minimum absolute atomic E-state index is 0.214. The molecule has 0 bridgehead atoms. The number of nitrogens with zero attached hydrogens (tertiary/aromatic N) is 2. The van der Waals surface area contributed by atoms with Gasteiger partial charge in [0.1, 0.15) is 0 Å². The number of rotatable bonds is 2. The first-order valence-corrected chi connectivity index (χ1v) is 7.28. The van der Waals surface area contributed by atoms with Gasteiger partial charge in [0.15, 0.2) is 0 Å². The maximum absolute atomic E-state index is 12.3. The summed E-state index contributed by atoms with van der Waals surface area (Å²) in [4.78, 5) is 4.72. The zero-order valence-electron chi connectivity index (χ0n) is 13.2. The number of hydrogen-bond donors (Lipinski definition) is 0. The standard InChI is InChI=1S/C17H25N2O/c1-13-6-8-14(9-7-13)12-18-15-10-16(2,3)19(20)17(4,5)11-15/h6-9,12,15H,10-11H2,1-5H3. The molecule has 0 amide bonds. The summed E-state index contributed by atoms with van der Waals surface area (Å²) in [6.45, 7) is 10.1. The highest BCUT2D eigenvalue weighted by molar-refractivity contribution is 5.79. The van der Waals surface area contributed by atoms with Gasteiger partial charge in [-0.2, -0.15) is 0 Å². The molecule has 1 fully saturated rings. The largest absolute Gasteiger partial charge is 0.289 e. The van der Waals surface area contributed by atoms with Crippen LogP contribution in [0.25, 0.3) is 0 Å². The maximum Gasteiger partial charge on any atom is 0.0536 e. The fraction of sp³-hybridized carbons (Fsp3) is 0.588. The molecule has 0 atom stereocenters. The van der Waals surface area contributed by atoms with Crippen LogP contribution in [0.1, 0.15) is 51.7 Å². The van der Waals surface area contributed by atoms with Crippen molar-refractivity contribution in [3.05, 3.63) is 35.4 Å². The van der Waals surface area contributed by atoms with E-state index in [0.29, 0.717) is 0 Å². The molecule has 3 nitrogen and oxygen atoms in total. The monoisotopic (exact) mass is 273 g/mol. The Kier molecular flexibility index (Phi) is 4.03. The molecule has 1 aliphatic rings. The van der Waals surface area contributed by atoms with Crippen molar-refractivity contribution in [3.63, 3.8) is 0 Å². The molecule has 1 aromatic carbocycles. The van der Waals surface area contributed by atoms with E-state index in [-0.39, 0.29) is 17.1 Å². The molecule has 1 aromatic rings. The average Bonchev–Trinajstić information content (AvgIpc) is 2.35. The van der Waals surface area contributed by atoms with Gasteiger partial charge in [-0.3, -0.25) is 4.99 Å². The van der Waals surface area contributed by atoms with Gasteiger partial charge in [0.25, 0.3) is 0 Å². The normalized spacial score (nSPS) is 23.3. The third-order valence-electron chi connectivity index (χ3n) is 4.08. The average molecular weight is 273 g/mol. The van der Waals surface area contributed by atoms with Gasteiger partial charge in [-0.05, 0) is 53.0 Å². The van der Waals surface area contributed by atoms with Gasteiger partial charge in [0.2, 0.25) is 0 Å². The topological polar surface area (TPSA) is 35.5 Å². The summed E-state index contributed by atoms with van der Waals surface area (Å²) in [6, 6.07) is 8.56. The van der Waals surface area contributed by atoms with Gasteiger partial charge in [0.05, 0.1) is 6.04 Å². The molecule has 0 saturated carbocycles. The van der Waals surface area contributed by atoms with Gasteiger partial charge >= 0.3 is 0 Å². The summed E-state index contributed by atoms with van der Waals surface area (Å²) in [6.07, 6.45) is 3.56. The molecule has 0 unspecified atom stereocenters. The van der Waals surface area contributed by atoms with Crippen molar-refractivity contribution in [3.8, 4) is 0 Å². The highest BCUT2D eigenvalue weighted by atomic mass is 16.5. The van der Waals surface area contributed by atoms with Crippen molar-refractivity contribution >= 4 is 6.21 Å².